The summed E-state index contributed by atoms with van der Waals surface area (Å²) < 4.78 is 24.3. The molecular formula is C9H19NO4S. The summed E-state index contributed by atoms with van der Waals surface area (Å²) >= 11 is -1.94. The normalized spacial score (nSPS) is 14.5. The second-order valence-corrected chi connectivity index (χ2v) is 5.91. The fourth-order valence-corrected chi connectivity index (χ4v) is 1.61. The molecule has 0 aliphatic carbocycles. The van der Waals surface area contributed by atoms with Crippen molar-refractivity contribution in [2.75, 3.05) is 5.75 Å². The van der Waals surface area contributed by atoms with Crippen LogP contribution in [0.25, 0.3) is 0 Å². The number of hydrogen-bond donors (Lipinski definition) is 2. The number of alkyl carbamates (subject to hydrolysis) is 1. The summed E-state index contributed by atoms with van der Waals surface area (Å²) in [6.07, 6.45) is -0.585. The summed E-state index contributed by atoms with van der Waals surface area (Å²) in [6, 6.07) is 0. The number of nitrogens with one attached hydrogen (secondary N) is 1. The molecule has 0 bridgehead atoms. The topological polar surface area (TPSA) is 75.6 Å². The summed E-state index contributed by atoms with van der Waals surface area (Å²) in [5.74, 6) is -0.0355. The van der Waals surface area contributed by atoms with Crippen molar-refractivity contribution < 1.29 is 18.3 Å². The number of carbonyl (C=O) groups excluding carboxylic acids is 1. The lowest BCUT2D eigenvalue weighted by atomic mass is 10.1. The van der Waals surface area contributed by atoms with Gasteiger partial charge in [-0.25, -0.2) is 9.00 Å². The van der Waals surface area contributed by atoms with E-state index in [0.29, 0.717) is 0 Å². The zero-order valence-electron chi connectivity index (χ0n) is 9.79. The summed E-state index contributed by atoms with van der Waals surface area (Å²) in [7, 11) is 0. The molecule has 2 N–H and O–H groups in total. The van der Waals surface area contributed by atoms with Crippen molar-refractivity contribution in [3.63, 3.8) is 0 Å². The summed E-state index contributed by atoms with van der Waals surface area (Å²) in [4.78, 5) is 11.3. The number of hydrogen-bond acceptors (Lipinski definition) is 3. The van der Waals surface area contributed by atoms with Crippen molar-refractivity contribution in [3.8, 4) is 0 Å². The predicted octanol–water partition coefficient (Wildman–Crippen LogP) is 1.51. The van der Waals surface area contributed by atoms with Crippen LogP contribution in [0.2, 0.25) is 0 Å². The van der Waals surface area contributed by atoms with E-state index < -0.39 is 28.3 Å². The monoisotopic (exact) mass is 237 g/mol. The lowest BCUT2D eigenvalue weighted by molar-refractivity contribution is 0.0482. The fraction of sp³-hybridized carbons (Fsp3) is 0.889. The number of carbonyl (C=O) groups is 1. The van der Waals surface area contributed by atoms with E-state index >= 15 is 0 Å². The van der Waals surface area contributed by atoms with E-state index in [0.717, 1.165) is 0 Å². The Kier molecular flexibility index (Phi) is 4.73. The second kappa shape index (κ2) is 4.94. The first kappa shape index (κ1) is 14.4. The highest BCUT2D eigenvalue weighted by Gasteiger charge is 2.26. The average Bonchev–Trinajstić information content (AvgIpc) is 1.73. The van der Waals surface area contributed by atoms with Crippen LogP contribution in [0.4, 0.5) is 4.79 Å². The molecule has 0 saturated carbocycles. The van der Waals surface area contributed by atoms with Gasteiger partial charge in [0, 0.05) is 0 Å². The standard InChI is InChI=1S/C9H19NO4S/c1-8(2,3)14-7(11)10-9(4,5)6-15(12)13/h6H2,1-5H3,(H,10,11)(H,12,13). The van der Waals surface area contributed by atoms with Crippen LogP contribution >= 0.6 is 0 Å². The molecule has 1 amide bonds. The molecule has 0 aromatic carbocycles. The maximum Gasteiger partial charge on any atom is 0.408 e. The van der Waals surface area contributed by atoms with Crippen molar-refractivity contribution in [3.05, 3.63) is 0 Å². The molecule has 0 aliphatic rings. The van der Waals surface area contributed by atoms with E-state index in [1.165, 1.54) is 0 Å². The van der Waals surface area contributed by atoms with Gasteiger partial charge in [0.05, 0.1) is 11.3 Å². The van der Waals surface area contributed by atoms with Crippen LogP contribution in [0, 0.1) is 0 Å². The van der Waals surface area contributed by atoms with Crippen LogP contribution in [0.15, 0.2) is 0 Å². The smallest absolute Gasteiger partial charge is 0.408 e. The van der Waals surface area contributed by atoms with Crippen molar-refractivity contribution in [2.24, 2.45) is 0 Å². The van der Waals surface area contributed by atoms with Gasteiger partial charge in [-0.05, 0) is 34.6 Å². The summed E-state index contributed by atoms with van der Waals surface area (Å²) in [5, 5.41) is 2.53. The van der Waals surface area contributed by atoms with Crippen molar-refractivity contribution in [1.29, 1.82) is 0 Å². The van der Waals surface area contributed by atoms with Crippen molar-refractivity contribution in [2.45, 2.75) is 45.8 Å². The van der Waals surface area contributed by atoms with Crippen LogP contribution in [0.1, 0.15) is 34.6 Å². The van der Waals surface area contributed by atoms with E-state index in [9.17, 15) is 9.00 Å². The van der Waals surface area contributed by atoms with Gasteiger partial charge in [0.15, 0.2) is 11.1 Å². The van der Waals surface area contributed by atoms with Crippen molar-refractivity contribution >= 4 is 17.2 Å². The van der Waals surface area contributed by atoms with Crippen LogP contribution < -0.4 is 5.32 Å². The molecule has 0 saturated heterocycles. The van der Waals surface area contributed by atoms with E-state index in [1.54, 1.807) is 34.6 Å². The van der Waals surface area contributed by atoms with Gasteiger partial charge in [-0.3, -0.25) is 0 Å². The Hall–Kier alpha value is -0.620. The van der Waals surface area contributed by atoms with Gasteiger partial charge in [0.2, 0.25) is 0 Å². The highest BCUT2D eigenvalue weighted by molar-refractivity contribution is 7.79. The molecule has 0 aliphatic heterocycles. The van der Waals surface area contributed by atoms with Gasteiger partial charge >= 0.3 is 6.09 Å². The molecule has 1 unspecified atom stereocenters. The SMILES string of the molecule is CC(C)(CS(=O)O)NC(=O)OC(C)(C)C. The molecule has 0 spiro atoms. The Balaban J connectivity index is 4.22. The molecular weight excluding hydrogens is 218 g/mol. The van der Waals surface area contributed by atoms with Gasteiger partial charge in [0.1, 0.15) is 5.60 Å². The molecule has 0 heterocycles. The minimum Gasteiger partial charge on any atom is -0.444 e. The Labute approximate surface area is 92.9 Å². The third-order valence-electron chi connectivity index (χ3n) is 1.32. The molecule has 0 aromatic heterocycles. The lowest BCUT2D eigenvalue weighted by Crippen LogP contribution is -2.49. The van der Waals surface area contributed by atoms with E-state index in [2.05, 4.69) is 5.32 Å². The minimum atomic E-state index is -1.94. The van der Waals surface area contributed by atoms with Crippen LogP contribution in [0.3, 0.4) is 0 Å². The molecule has 0 rings (SSSR count). The largest absolute Gasteiger partial charge is 0.444 e. The molecule has 0 fully saturated rings. The van der Waals surface area contributed by atoms with Crippen LogP contribution in [-0.2, 0) is 15.8 Å². The Morgan fingerprint density at radius 1 is 1.33 bits per heavy atom. The maximum absolute atomic E-state index is 11.3. The first-order chi connectivity index (χ1) is 6.52. The van der Waals surface area contributed by atoms with Gasteiger partial charge in [0.25, 0.3) is 0 Å². The average molecular weight is 237 g/mol. The first-order valence-electron chi connectivity index (χ1n) is 4.60. The molecule has 0 radical (unpaired) electrons. The highest BCUT2D eigenvalue weighted by atomic mass is 32.2. The predicted molar refractivity (Wildman–Crippen MR) is 59.1 cm³/mol. The minimum absolute atomic E-state index is 0.0355. The zero-order chi connectivity index (χ0) is 12.3. The lowest BCUT2D eigenvalue weighted by Gasteiger charge is -2.27. The van der Waals surface area contributed by atoms with Gasteiger partial charge in [-0.15, -0.1) is 0 Å². The number of ether oxygens (including phenoxy) is 1. The third kappa shape index (κ3) is 8.38. The molecule has 6 heteroatoms. The fourth-order valence-electron chi connectivity index (χ4n) is 0.925. The van der Waals surface area contributed by atoms with E-state index in [4.69, 9.17) is 9.29 Å². The Bertz CT molecular complexity index is 257. The van der Waals surface area contributed by atoms with Crippen molar-refractivity contribution in [1.82, 2.24) is 5.32 Å². The van der Waals surface area contributed by atoms with Gasteiger partial charge in [-0.2, -0.15) is 0 Å². The zero-order valence-corrected chi connectivity index (χ0v) is 10.6. The first-order valence-corrected chi connectivity index (χ1v) is 5.88. The summed E-state index contributed by atoms with van der Waals surface area (Å²) in [6.45, 7) is 8.58. The highest BCUT2D eigenvalue weighted by Crippen LogP contribution is 2.09. The number of rotatable bonds is 3. The quantitative estimate of drug-likeness (QED) is 0.730. The van der Waals surface area contributed by atoms with Gasteiger partial charge in [-0.1, -0.05) is 0 Å². The third-order valence-corrected chi connectivity index (χ3v) is 2.29. The van der Waals surface area contributed by atoms with E-state index in [1.807, 2.05) is 0 Å². The second-order valence-electron chi connectivity index (χ2n) is 4.98. The molecule has 1 atom stereocenters. The molecule has 90 valence electrons. The molecule has 0 aromatic rings. The Morgan fingerprint density at radius 3 is 2.13 bits per heavy atom. The summed E-state index contributed by atoms with van der Waals surface area (Å²) in [5.41, 5.74) is -1.33. The maximum atomic E-state index is 11.3. The molecule has 15 heavy (non-hydrogen) atoms. The Morgan fingerprint density at radius 2 is 1.80 bits per heavy atom. The number of amides is 1. The van der Waals surface area contributed by atoms with E-state index in [-0.39, 0.29) is 5.75 Å². The van der Waals surface area contributed by atoms with Crippen LogP contribution in [-0.4, -0.2) is 31.7 Å². The molecule has 5 nitrogen and oxygen atoms in total. The van der Waals surface area contributed by atoms with Gasteiger partial charge < -0.3 is 14.6 Å². The van der Waals surface area contributed by atoms with Crippen LogP contribution in [0.5, 0.6) is 0 Å².